The van der Waals surface area contributed by atoms with E-state index in [9.17, 15) is 0 Å². The van der Waals surface area contributed by atoms with Crippen molar-refractivity contribution in [3.63, 3.8) is 0 Å². The molecule has 1 saturated carbocycles. The molecule has 0 amide bonds. The van der Waals surface area contributed by atoms with Gasteiger partial charge in [-0.15, -0.1) is 0 Å². The average Bonchev–Trinajstić information content (AvgIpc) is 2.22. The van der Waals surface area contributed by atoms with Gasteiger partial charge in [0.1, 0.15) is 0 Å². The Bertz CT molecular complexity index is 65.1. The van der Waals surface area contributed by atoms with Gasteiger partial charge in [0.2, 0.25) is 0 Å². The van der Waals surface area contributed by atoms with Crippen LogP contribution >= 0.6 is 0 Å². The minimum Gasteiger partial charge on any atom is -0.377 e. The molecule has 0 saturated heterocycles. The lowest BCUT2D eigenvalue weighted by atomic mass is 10.7. The maximum Gasteiger partial charge on any atom is 0.0742 e. The predicted molar refractivity (Wildman–Crippen MR) is 28.0 cm³/mol. The zero-order valence-corrected chi connectivity index (χ0v) is 4.55. The standard InChI is InChI=1S/C5H11NO/c1-2-7-5-3-4(5)6/h4-5H,2-3,6H2,1H3/t4-,5-/m1/s1. The fourth-order valence-electron chi connectivity index (χ4n) is 0.595. The Morgan fingerprint density at radius 3 is 2.57 bits per heavy atom. The van der Waals surface area contributed by atoms with E-state index in [1.807, 2.05) is 6.92 Å². The average molecular weight is 101 g/mol. The van der Waals surface area contributed by atoms with Crippen LogP contribution in [-0.4, -0.2) is 18.8 Å². The molecule has 1 aliphatic carbocycles. The van der Waals surface area contributed by atoms with Gasteiger partial charge in [0.05, 0.1) is 6.10 Å². The Morgan fingerprint density at radius 1 is 1.86 bits per heavy atom. The van der Waals surface area contributed by atoms with E-state index in [1.54, 1.807) is 0 Å². The number of hydrogen-bond donors (Lipinski definition) is 1. The summed E-state index contributed by atoms with van der Waals surface area (Å²) in [4.78, 5) is 0. The summed E-state index contributed by atoms with van der Waals surface area (Å²) in [6.45, 7) is 2.80. The molecule has 2 atom stereocenters. The molecule has 2 N–H and O–H groups in total. The minimum absolute atomic E-state index is 0.347. The molecule has 0 bridgehead atoms. The first-order valence-electron chi connectivity index (χ1n) is 2.71. The van der Waals surface area contributed by atoms with Crippen LogP contribution in [0.15, 0.2) is 0 Å². The van der Waals surface area contributed by atoms with Crippen molar-refractivity contribution in [1.29, 1.82) is 0 Å². The van der Waals surface area contributed by atoms with Crippen LogP contribution in [0.25, 0.3) is 0 Å². The van der Waals surface area contributed by atoms with E-state index in [1.165, 1.54) is 0 Å². The lowest BCUT2D eigenvalue weighted by Gasteiger charge is -1.92. The first-order chi connectivity index (χ1) is 3.34. The van der Waals surface area contributed by atoms with E-state index in [2.05, 4.69) is 0 Å². The third kappa shape index (κ3) is 1.14. The Labute approximate surface area is 43.6 Å². The first-order valence-corrected chi connectivity index (χ1v) is 2.71. The van der Waals surface area contributed by atoms with Crippen molar-refractivity contribution in [2.45, 2.75) is 25.5 Å². The highest BCUT2D eigenvalue weighted by atomic mass is 16.5. The van der Waals surface area contributed by atoms with Crippen LogP contribution in [0.3, 0.4) is 0 Å². The van der Waals surface area contributed by atoms with Crippen LogP contribution in [0.1, 0.15) is 13.3 Å². The Kier molecular flexibility index (Phi) is 1.30. The topological polar surface area (TPSA) is 35.2 Å². The second-order valence-corrected chi connectivity index (χ2v) is 1.89. The van der Waals surface area contributed by atoms with Crippen LogP contribution in [-0.2, 0) is 4.74 Å². The summed E-state index contributed by atoms with van der Waals surface area (Å²) in [7, 11) is 0. The van der Waals surface area contributed by atoms with E-state index in [-0.39, 0.29) is 0 Å². The fraction of sp³-hybridized carbons (Fsp3) is 1.00. The van der Waals surface area contributed by atoms with Crippen LogP contribution < -0.4 is 5.73 Å². The molecule has 0 aliphatic heterocycles. The van der Waals surface area contributed by atoms with Crippen molar-refractivity contribution in [1.82, 2.24) is 0 Å². The van der Waals surface area contributed by atoms with Crippen LogP contribution in [0.5, 0.6) is 0 Å². The van der Waals surface area contributed by atoms with Gasteiger partial charge in [-0.05, 0) is 13.3 Å². The molecule has 42 valence electrons. The molecule has 0 radical (unpaired) electrons. The molecule has 2 nitrogen and oxygen atoms in total. The van der Waals surface area contributed by atoms with Gasteiger partial charge in [-0.3, -0.25) is 0 Å². The second kappa shape index (κ2) is 1.80. The molecule has 0 spiro atoms. The molecule has 7 heavy (non-hydrogen) atoms. The third-order valence-corrected chi connectivity index (χ3v) is 1.16. The van der Waals surface area contributed by atoms with Gasteiger partial charge in [0, 0.05) is 12.6 Å². The second-order valence-electron chi connectivity index (χ2n) is 1.89. The summed E-state index contributed by atoms with van der Waals surface area (Å²) < 4.78 is 5.14. The van der Waals surface area contributed by atoms with Crippen LogP contribution in [0.2, 0.25) is 0 Å². The van der Waals surface area contributed by atoms with Gasteiger partial charge in [-0.2, -0.15) is 0 Å². The molecule has 0 aromatic heterocycles. The van der Waals surface area contributed by atoms with Crippen molar-refractivity contribution < 1.29 is 4.74 Å². The smallest absolute Gasteiger partial charge is 0.0742 e. The number of nitrogens with two attached hydrogens (primary N) is 1. The monoisotopic (exact) mass is 101 g/mol. The number of hydrogen-bond acceptors (Lipinski definition) is 2. The Balaban J connectivity index is 1.98. The maximum atomic E-state index is 5.43. The van der Waals surface area contributed by atoms with E-state index in [0.717, 1.165) is 13.0 Å². The molecule has 0 unspecified atom stereocenters. The molecule has 0 heterocycles. The highest BCUT2D eigenvalue weighted by Crippen LogP contribution is 2.21. The summed E-state index contributed by atoms with van der Waals surface area (Å²) in [5, 5.41) is 0. The summed E-state index contributed by atoms with van der Waals surface area (Å²) in [5.74, 6) is 0. The fourth-order valence-corrected chi connectivity index (χ4v) is 0.595. The third-order valence-electron chi connectivity index (χ3n) is 1.16. The Morgan fingerprint density at radius 2 is 2.43 bits per heavy atom. The zero-order chi connectivity index (χ0) is 5.28. The van der Waals surface area contributed by atoms with Gasteiger partial charge in [0.25, 0.3) is 0 Å². The van der Waals surface area contributed by atoms with Gasteiger partial charge >= 0.3 is 0 Å². The molecule has 0 aromatic rings. The van der Waals surface area contributed by atoms with Gasteiger partial charge in [-0.1, -0.05) is 0 Å². The van der Waals surface area contributed by atoms with Crippen molar-refractivity contribution >= 4 is 0 Å². The molecule has 0 aromatic carbocycles. The van der Waals surface area contributed by atoms with Gasteiger partial charge < -0.3 is 10.5 Å². The molecule has 1 aliphatic rings. The maximum absolute atomic E-state index is 5.43. The quantitative estimate of drug-likeness (QED) is 0.536. The predicted octanol–water partition coefficient (Wildman–Crippen LogP) is 0.123. The molecule has 1 rings (SSSR count). The number of rotatable bonds is 2. The summed E-state index contributed by atoms with van der Waals surface area (Å²) in [6, 6.07) is 0.347. The Hall–Kier alpha value is -0.0800. The molecular weight excluding hydrogens is 90.1 g/mol. The lowest BCUT2D eigenvalue weighted by molar-refractivity contribution is 0.129. The van der Waals surface area contributed by atoms with Crippen LogP contribution in [0.4, 0.5) is 0 Å². The number of ether oxygens (including phenoxy) is 1. The van der Waals surface area contributed by atoms with E-state index >= 15 is 0 Å². The van der Waals surface area contributed by atoms with Gasteiger partial charge in [0.15, 0.2) is 0 Å². The molecule has 1 fully saturated rings. The van der Waals surface area contributed by atoms with E-state index in [0.29, 0.717) is 12.1 Å². The SMILES string of the molecule is CCO[C@@H]1C[C@H]1N. The summed E-state index contributed by atoms with van der Waals surface area (Å²) >= 11 is 0. The van der Waals surface area contributed by atoms with Crippen molar-refractivity contribution in [2.24, 2.45) is 5.73 Å². The normalized spacial score (nSPS) is 38.6. The van der Waals surface area contributed by atoms with E-state index < -0.39 is 0 Å². The van der Waals surface area contributed by atoms with Crippen molar-refractivity contribution in [3.8, 4) is 0 Å². The summed E-state index contributed by atoms with van der Waals surface area (Å²) in [6.07, 6.45) is 1.46. The largest absolute Gasteiger partial charge is 0.377 e. The highest BCUT2D eigenvalue weighted by molar-refractivity contribution is 4.91. The zero-order valence-electron chi connectivity index (χ0n) is 4.55. The van der Waals surface area contributed by atoms with E-state index in [4.69, 9.17) is 10.5 Å². The molecular formula is C5H11NO. The van der Waals surface area contributed by atoms with Gasteiger partial charge in [-0.25, -0.2) is 0 Å². The minimum atomic E-state index is 0.347. The summed E-state index contributed by atoms with van der Waals surface area (Å²) in [5.41, 5.74) is 5.43. The highest BCUT2D eigenvalue weighted by Gasteiger charge is 2.33. The van der Waals surface area contributed by atoms with Crippen molar-refractivity contribution in [2.75, 3.05) is 6.61 Å². The first kappa shape index (κ1) is 5.06. The van der Waals surface area contributed by atoms with Crippen LogP contribution in [0, 0.1) is 0 Å². The lowest BCUT2D eigenvalue weighted by Crippen LogP contribution is -2.07. The molecule has 2 heteroatoms. The van der Waals surface area contributed by atoms with Crippen molar-refractivity contribution in [3.05, 3.63) is 0 Å².